The largest absolute Gasteiger partial charge is 0.389 e. The van der Waals surface area contributed by atoms with Crippen LogP contribution < -0.4 is 0 Å². The summed E-state index contributed by atoms with van der Waals surface area (Å²) in [6.45, 7) is 6.67. The highest BCUT2D eigenvalue weighted by Gasteiger charge is 2.27. The first-order chi connectivity index (χ1) is 5.06. The van der Waals surface area contributed by atoms with E-state index in [0.717, 1.165) is 19.3 Å². The van der Waals surface area contributed by atoms with Crippen LogP contribution in [0.3, 0.4) is 0 Å². The van der Waals surface area contributed by atoms with Crippen LogP contribution in [0.25, 0.3) is 0 Å². The van der Waals surface area contributed by atoms with Gasteiger partial charge >= 0.3 is 0 Å². The van der Waals surface area contributed by atoms with Gasteiger partial charge in [0, 0.05) is 0 Å². The van der Waals surface area contributed by atoms with E-state index >= 15 is 0 Å². The first-order valence-corrected chi connectivity index (χ1v) is 4.45. The fraction of sp³-hybridized carbons (Fsp3) is 0.800. The van der Waals surface area contributed by atoms with Crippen LogP contribution >= 0.6 is 0 Å². The molecular weight excluding hydrogens is 136 g/mol. The Balaban J connectivity index is 2.80. The van der Waals surface area contributed by atoms with Crippen molar-refractivity contribution in [2.24, 2.45) is 5.41 Å². The fourth-order valence-corrected chi connectivity index (χ4v) is 1.81. The molecule has 1 unspecified atom stereocenters. The summed E-state index contributed by atoms with van der Waals surface area (Å²) in [6, 6.07) is 0. The predicted molar refractivity (Wildman–Crippen MR) is 47.4 cm³/mol. The minimum Gasteiger partial charge on any atom is -0.389 e. The molecule has 1 nitrogen and oxygen atoms in total. The molecule has 0 amide bonds. The van der Waals surface area contributed by atoms with Gasteiger partial charge < -0.3 is 5.11 Å². The second-order valence-electron chi connectivity index (χ2n) is 4.04. The van der Waals surface area contributed by atoms with E-state index in [2.05, 4.69) is 20.8 Å². The number of aliphatic hydroxyl groups is 1. The van der Waals surface area contributed by atoms with Crippen LogP contribution in [-0.2, 0) is 0 Å². The second kappa shape index (κ2) is 2.98. The van der Waals surface area contributed by atoms with Crippen LogP contribution in [0.4, 0.5) is 0 Å². The maximum absolute atomic E-state index is 9.37. The summed E-state index contributed by atoms with van der Waals surface area (Å²) in [7, 11) is 0. The summed E-state index contributed by atoms with van der Waals surface area (Å²) < 4.78 is 0. The molecule has 1 N–H and O–H groups in total. The average molecular weight is 154 g/mol. The highest BCUT2D eigenvalue weighted by atomic mass is 16.3. The van der Waals surface area contributed by atoms with Crippen molar-refractivity contribution in [3.8, 4) is 0 Å². The minimum atomic E-state index is -0.182. The first kappa shape index (κ1) is 8.79. The van der Waals surface area contributed by atoms with Crippen LogP contribution in [-0.4, -0.2) is 11.2 Å². The van der Waals surface area contributed by atoms with Gasteiger partial charge in [-0.3, -0.25) is 0 Å². The Morgan fingerprint density at radius 2 is 2.27 bits per heavy atom. The SMILES string of the molecule is CCC1=CC(O)CCC1(C)C. The smallest absolute Gasteiger partial charge is 0.0724 e. The third-order valence-electron chi connectivity index (χ3n) is 2.71. The monoisotopic (exact) mass is 154 g/mol. The van der Waals surface area contributed by atoms with E-state index in [-0.39, 0.29) is 6.10 Å². The summed E-state index contributed by atoms with van der Waals surface area (Å²) in [5.41, 5.74) is 1.74. The van der Waals surface area contributed by atoms with Gasteiger partial charge in [-0.2, -0.15) is 0 Å². The standard InChI is InChI=1S/C10H18O/c1-4-8-7-9(11)5-6-10(8,2)3/h7,9,11H,4-6H2,1-3H3. The Hall–Kier alpha value is -0.300. The highest BCUT2D eigenvalue weighted by molar-refractivity contribution is 5.16. The van der Waals surface area contributed by atoms with E-state index in [1.54, 1.807) is 0 Å². The molecule has 0 spiro atoms. The lowest BCUT2D eigenvalue weighted by Gasteiger charge is -2.33. The molecule has 1 aliphatic rings. The van der Waals surface area contributed by atoms with Crippen molar-refractivity contribution in [1.82, 2.24) is 0 Å². The fourth-order valence-electron chi connectivity index (χ4n) is 1.81. The molecule has 0 aromatic heterocycles. The molecule has 0 bridgehead atoms. The number of rotatable bonds is 1. The first-order valence-electron chi connectivity index (χ1n) is 4.45. The van der Waals surface area contributed by atoms with Crippen molar-refractivity contribution in [3.63, 3.8) is 0 Å². The number of aliphatic hydroxyl groups excluding tert-OH is 1. The topological polar surface area (TPSA) is 20.2 Å². The van der Waals surface area contributed by atoms with Gasteiger partial charge in [-0.05, 0) is 24.7 Å². The van der Waals surface area contributed by atoms with Gasteiger partial charge in [0.05, 0.1) is 6.10 Å². The van der Waals surface area contributed by atoms with Crippen LogP contribution in [0.5, 0.6) is 0 Å². The molecule has 1 aliphatic carbocycles. The Bertz CT molecular complexity index is 168. The molecule has 1 rings (SSSR count). The van der Waals surface area contributed by atoms with Gasteiger partial charge in [0.2, 0.25) is 0 Å². The molecule has 1 heteroatoms. The van der Waals surface area contributed by atoms with Gasteiger partial charge in [-0.25, -0.2) is 0 Å². The molecular formula is C10H18O. The molecule has 0 saturated carbocycles. The van der Waals surface area contributed by atoms with Crippen molar-refractivity contribution in [2.45, 2.75) is 46.1 Å². The van der Waals surface area contributed by atoms with Crippen LogP contribution in [0.1, 0.15) is 40.0 Å². The Kier molecular flexibility index (Phi) is 2.38. The van der Waals surface area contributed by atoms with Gasteiger partial charge in [0.1, 0.15) is 0 Å². The minimum absolute atomic E-state index is 0.182. The molecule has 0 aromatic carbocycles. The maximum atomic E-state index is 9.37. The van der Waals surface area contributed by atoms with Gasteiger partial charge in [0.25, 0.3) is 0 Å². The maximum Gasteiger partial charge on any atom is 0.0724 e. The van der Waals surface area contributed by atoms with E-state index in [1.807, 2.05) is 6.08 Å². The van der Waals surface area contributed by atoms with Crippen molar-refractivity contribution >= 4 is 0 Å². The molecule has 1 atom stereocenters. The molecule has 11 heavy (non-hydrogen) atoms. The quantitative estimate of drug-likeness (QED) is 0.575. The van der Waals surface area contributed by atoms with Crippen LogP contribution in [0.15, 0.2) is 11.6 Å². The van der Waals surface area contributed by atoms with E-state index in [4.69, 9.17) is 0 Å². The number of hydrogen-bond acceptors (Lipinski definition) is 1. The summed E-state index contributed by atoms with van der Waals surface area (Å²) in [5, 5.41) is 9.37. The summed E-state index contributed by atoms with van der Waals surface area (Å²) in [6.07, 6.45) is 4.97. The average Bonchev–Trinajstić information content (AvgIpc) is 1.94. The van der Waals surface area contributed by atoms with Crippen molar-refractivity contribution < 1.29 is 5.11 Å². The molecule has 0 heterocycles. The molecule has 0 saturated heterocycles. The molecule has 64 valence electrons. The van der Waals surface area contributed by atoms with E-state index in [1.165, 1.54) is 5.57 Å². The van der Waals surface area contributed by atoms with Crippen molar-refractivity contribution in [3.05, 3.63) is 11.6 Å². The Morgan fingerprint density at radius 3 is 2.73 bits per heavy atom. The van der Waals surface area contributed by atoms with Gasteiger partial charge in [-0.1, -0.05) is 32.4 Å². The zero-order valence-electron chi connectivity index (χ0n) is 7.72. The summed E-state index contributed by atoms with van der Waals surface area (Å²) in [5.74, 6) is 0. The van der Waals surface area contributed by atoms with E-state index in [0.29, 0.717) is 5.41 Å². The van der Waals surface area contributed by atoms with E-state index in [9.17, 15) is 5.11 Å². The van der Waals surface area contributed by atoms with Crippen LogP contribution in [0, 0.1) is 5.41 Å². The summed E-state index contributed by atoms with van der Waals surface area (Å²) in [4.78, 5) is 0. The zero-order valence-corrected chi connectivity index (χ0v) is 7.72. The Morgan fingerprint density at radius 1 is 1.64 bits per heavy atom. The lowest BCUT2D eigenvalue weighted by atomic mass is 9.74. The number of allylic oxidation sites excluding steroid dienone is 1. The number of hydrogen-bond donors (Lipinski definition) is 1. The van der Waals surface area contributed by atoms with Gasteiger partial charge in [0.15, 0.2) is 0 Å². The zero-order chi connectivity index (χ0) is 8.48. The summed E-state index contributed by atoms with van der Waals surface area (Å²) >= 11 is 0. The Labute approximate surface area is 69.1 Å². The predicted octanol–water partition coefficient (Wildman–Crippen LogP) is 2.50. The highest BCUT2D eigenvalue weighted by Crippen LogP contribution is 2.37. The van der Waals surface area contributed by atoms with Crippen molar-refractivity contribution in [1.29, 1.82) is 0 Å². The molecule has 0 radical (unpaired) electrons. The van der Waals surface area contributed by atoms with Gasteiger partial charge in [-0.15, -0.1) is 0 Å². The lowest BCUT2D eigenvalue weighted by molar-refractivity contribution is 0.172. The normalized spacial score (nSPS) is 29.8. The molecule has 0 fully saturated rings. The van der Waals surface area contributed by atoms with Crippen LogP contribution in [0.2, 0.25) is 0 Å². The second-order valence-corrected chi connectivity index (χ2v) is 4.04. The molecule has 0 aliphatic heterocycles. The third-order valence-corrected chi connectivity index (χ3v) is 2.71. The van der Waals surface area contributed by atoms with E-state index < -0.39 is 0 Å². The lowest BCUT2D eigenvalue weighted by Crippen LogP contribution is -2.23. The molecule has 0 aromatic rings. The third kappa shape index (κ3) is 1.84. The van der Waals surface area contributed by atoms with Crippen molar-refractivity contribution in [2.75, 3.05) is 0 Å².